The molecule has 0 aliphatic rings. The Balaban J connectivity index is 2.80. The number of nitrogens with two attached hydrogens (primary N) is 2. The van der Waals surface area contributed by atoms with Crippen LogP contribution in [0, 0.1) is 5.92 Å². The summed E-state index contributed by atoms with van der Waals surface area (Å²) >= 11 is 3.43. The first kappa shape index (κ1) is 15.0. The van der Waals surface area contributed by atoms with Gasteiger partial charge in [0.15, 0.2) is 0 Å². The summed E-state index contributed by atoms with van der Waals surface area (Å²) in [5.41, 5.74) is 12.4. The minimum atomic E-state index is -0.431. The molecule has 0 spiro atoms. The molecule has 0 aliphatic heterocycles. The van der Waals surface area contributed by atoms with E-state index in [1.807, 2.05) is 6.07 Å². The van der Waals surface area contributed by atoms with Crippen molar-refractivity contribution in [3.05, 3.63) is 28.2 Å². The maximum Gasteiger partial charge on any atom is 0.248 e. The molecule has 5 heteroatoms. The van der Waals surface area contributed by atoms with Gasteiger partial charge in [-0.05, 0) is 46.5 Å². The van der Waals surface area contributed by atoms with E-state index in [9.17, 15) is 4.79 Å². The molecular weight excluding hydrogens is 294 g/mol. The fraction of sp³-hybridized carbons (Fsp3) is 0.462. The molecule has 0 aliphatic carbocycles. The van der Waals surface area contributed by atoms with Crippen LogP contribution >= 0.6 is 15.9 Å². The predicted octanol–water partition coefficient (Wildman–Crippen LogP) is 2.33. The van der Waals surface area contributed by atoms with E-state index in [-0.39, 0.29) is 6.04 Å². The molecule has 1 atom stereocenters. The van der Waals surface area contributed by atoms with Crippen LogP contribution in [-0.2, 0) is 0 Å². The Morgan fingerprint density at radius 2 is 2.11 bits per heavy atom. The van der Waals surface area contributed by atoms with Crippen molar-refractivity contribution in [2.75, 3.05) is 11.9 Å². The third-order valence-corrected chi connectivity index (χ3v) is 3.31. The van der Waals surface area contributed by atoms with Crippen LogP contribution in [0.25, 0.3) is 0 Å². The largest absolute Gasteiger partial charge is 0.380 e. The number of amides is 1. The SMILES string of the molecule is CC(C)CC(CN)Nc1ccc(C(N)=O)cc1Br. The second kappa shape index (κ2) is 6.75. The Bertz CT molecular complexity index is 421. The molecule has 1 aromatic carbocycles. The van der Waals surface area contributed by atoms with Gasteiger partial charge in [0, 0.05) is 28.3 Å². The van der Waals surface area contributed by atoms with Gasteiger partial charge in [0.05, 0.1) is 0 Å². The van der Waals surface area contributed by atoms with Gasteiger partial charge >= 0.3 is 0 Å². The topological polar surface area (TPSA) is 81.1 Å². The van der Waals surface area contributed by atoms with Crippen molar-refractivity contribution in [2.24, 2.45) is 17.4 Å². The minimum absolute atomic E-state index is 0.223. The number of benzene rings is 1. The Labute approximate surface area is 116 Å². The lowest BCUT2D eigenvalue weighted by atomic mass is 10.0. The third kappa shape index (κ3) is 4.31. The fourth-order valence-electron chi connectivity index (χ4n) is 1.79. The molecule has 1 amide bonds. The van der Waals surface area contributed by atoms with Crippen molar-refractivity contribution in [1.29, 1.82) is 0 Å². The smallest absolute Gasteiger partial charge is 0.248 e. The molecule has 0 radical (unpaired) electrons. The number of carbonyl (C=O) groups excluding carboxylic acids is 1. The third-order valence-electron chi connectivity index (χ3n) is 2.65. The van der Waals surface area contributed by atoms with Crippen molar-refractivity contribution in [3.8, 4) is 0 Å². The van der Waals surface area contributed by atoms with Crippen molar-refractivity contribution >= 4 is 27.5 Å². The van der Waals surface area contributed by atoms with Crippen molar-refractivity contribution in [2.45, 2.75) is 26.3 Å². The zero-order valence-electron chi connectivity index (χ0n) is 10.7. The number of hydrogen-bond donors (Lipinski definition) is 3. The molecule has 1 rings (SSSR count). The second-order valence-corrected chi connectivity index (χ2v) is 5.62. The molecule has 0 fully saturated rings. The van der Waals surface area contributed by atoms with Crippen LogP contribution in [0.3, 0.4) is 0 Å². The molecule has 18 heavy (non-hydrogen) atoms. The second-order valence-electron chi connectivity index (χ2n) is 4.77. The van der Waals surface area contributed by atoms with Gasteiger partial charge in [-0.3, -0.25) is 4.79 Å². The molecule has 5 N–H and O–H groups in total. The van der Waals surface area contributed by atoms with Gasteiger partial charge in [0.1, 0.15) is 0 Å². The van der Waals surface area contributed by atoms with Gasteiger partial charge in [-0.1, -0.05) is 13.8 Å². The highest BCUT2D eigenvalue weighted by atomic mass is 79.9. The fourth-order valence-corrected chi connectivity index (χ4v) is 2.28. The predicted molar refractivity (Wildman–Crippen MR) is 78.6 cm³/mol. The summed E-state index contributed by atoms with van der Waals surface area (Å²) in [6, 6.07) is 5.49. The minimum Gasteiger partial charge on any atom is -0.380 e. The van der Waals surface area contributed by atoms with Crippen LogP contribution in [0.15, 0.2) is 22.7 Å². The van der Waals surface area contributed by atoms with E-state index >= 15 is 0 Å². The monoisotopic (exact) mass is 313 g/mol. The average Bonchev–Trinajstić information content (AvgIpc) is 2.29. The van der Waals surface area contributed by atoms with E-state index in [1.54, 1.807) is 12.1 Å². The molecule has 0 heterocycles. The van der Waals surface area contributed by atoms with Crippen LogP contribution in [0.4, 0.5) is 5.69 Å². The van der Waals surface area contributed by atoms with Crippen LogP contribution in [0.1, 0.15) is 30.6 Å². The summed E-state index contributed by atoms with van der Waals surface area (Å²) in [6.07, 6.45) is 1.00. The molecule has 4 nitrogen and oxygen atoms in total. The first-order valence-corrected chi connectivity index (χ1v) is 6.79. The number of anilines is 1. The summed E-state index contributed by atoms with van der Waals surface area (Å²) in [4.78, 5) is 11.0. The first-order chi connectivity index (χ1) is 8.43. The number of primary amides is 1. The summed E-state index contributed by atoms with van der Waals surface area (Å²) in [5, 5.41) is 3.37. The van der Waals surface area contributed by atoms with E-state index in [1.165, 1.54) is 0 Å². The van der Waals surface area contributed by atoms with Gasteiger partial charge in [0.2, 0.25) is 5.91 Å². The van der Waals surface area contributed by atoms with Crippen LogP contribution < -0.4 is 16.8 Å². The van der Waals surface area contributed by atoms with Crippen LogP contribution in [0.2, 0.25) is 0 Å². The first-order valence-electron chi connectivity index (χ1n) is 6.00. The van der Waals surface area contributed by atoms with Gasteiger partial charge in [0.25, 0.3) is 0 Å². The highest BCUT2D eigenvalue weighted by Crippen LogP contribution is 2.25. The number of carbonyl (C=O) groups is 1. The van der Waals surface area contributed by atoms with Crippen molar-refractivity contribution < 1.29 is 4.79 Å². The van der Waals surface area contributed by atoms with Gasteiger partial charge < -0.3 is 16.8 Å². The lowest BCUT2D eigenvalue weighted by molar-refractivity contribution is 0.100. The number of nitrogens with one attached hydrogen (secondary N) is 1. The molecule has 0 saturated heterocycles. The summed E-state index contributed by atoms with van der Waals surface area (Å²) < 4.78 is 0.820. The van der Waals surface area contributed by atoms with E-state index in [0.29, 0.717) is 18.0 Å². The Hall–Kier alpha value is -1.07. The molecule has 0 aromatic heterocycles. The standard InChI is InChI=1S/C13H20BrN3O/c1-8(2)5-10(7-15)17-12-4-3-9(13(16)18)6-11(12)14/h3-4,6,8,10,17H,5,7,15H2,1-2H3,(H2,16,18). The molecule has 100 valence electrons. The van der Waals surface area contributed by atoms with Crippen molar-refractivity contribution in [3.63, 3.8) is 0 Å². The molecule has 1 unspecified atom stereocenters. The van der Waals surface area contributed by atoms with Crippen LogP contribution in [0.5, 0.6) is 0 Å². The Morgan fingerprint density at radius 3 is 2.56 bits per heavy atom. The Morgan fingerprint density at radius 1 is 1.44 bits per heavy atom. The maximum absolute atomic E-state index is 11.0. The van der Waals surface area contributed by atoms with Crippen LogP contribution in [-0.4, -0.2) is 18.5 Å². The van der Waals surface area contributed by atoms with E-state index in [2.05, 4.69) is 35.1 Å². The maximum atomic E-state index is 11.0. The summed E-state index contributed by atoms with van der Waals surface area (Å²) in [5.74, 6) is 0.148. The zero-order chi connectivity index (χ0) is 13.7. The van der Waals surface area contributed by atoms with Gasteiger partial charge in [-0.2, -0.15) is 0 Å². The molecule has 1 aromatic rings. The Kier molecular flexibility index (Phi) is 5.62. The highest BCUT2D eigenvalue weighted by molar-refractivity contribution is 9.10. The van der Waals surface area contributed by atoms with Crippen molar-refractivity contribution in [1.82, 2.24) is 0 Å². The zero-order valence-corrected chi connectivity index (χ0v) is 12.3. The average molecular weight is 314 g/mol. The molecule has 0 saturated carbocycles. The van der Waals surface area contributed by atoms with E-state index in [4.69, 9.17) is 11.5 Å². The van der Waals surface area contributed by atoms with E-state index in [0.717, 1.165) is 16.6 Å². The quantitative estimate of drug-likeness (QED) is 0.754. The van der Waals surface area contributed by atoms with E-state index < -0.39 is 5.91 Å². The van der Waals surface area contributed by atoms with Gasteiger partial charge in [-0.15, -0.1) is 0 Å². The lowest BCUT2D eigenvalue weighted by Crippen LogP contribution is -2.30. The summed E-state index contributed by atoms with van der Waals surface area (Å²) in [7, 11) is 0. The molecule has 0 bridgehead atoms. The summed E-state index contributed by atoms with van der Waals surface area (Å²) in [6.45, 7) is 4.90. The molecular formula is C13H20BrN3O. The normalized spacial score (nSPS) is 12.5. The highest BCUT2D eigenvalue weighted by Gasteiger charge is 2.11. The number of hydrogen-bond acceptors (Lipinski definition) is 3. The van der Waals surface area contributed by atoms with Gasteiger partial charge in [-0.25, -0.2) is 0 Å². The number of halogens is 1. The number of rotatable bonds is 6. The lowest BCUT2D eigenvalue weighted by Gasteiger charge is -2.21.